The number of fused-ring (bicyclic) bond motifs is 1. The fourth-order valence-corrected chi connectivity index (χ4v) is 5.92. The third-order valence-electron chi connectivity index (χ3n) is 7.40. The zero-order valence-corrected chi connectivity index (χ0v) is 23.0. The Bertz CT molecular complexity index is 1490. The summed E-state index contributed by atoms with van der Waals surface area (Å²) >= 11 is 12.7. The number of benzene rings is 3. The highest BCUT2D eigenvalue weighted by Gasteiger charge is 2.25. The lowest BCUT2D eigenvalue weighted by molar-refractivity contribution is -0.137. The Morgan fingerprint density at radius 3 is 2.41 bits per heavy atom. The van der Waals surface area contributed by atoms with E-state index in [-0.39, 0.29) is 31.6 Å². The highest BCUT2D eigenvalue weighted by Crippen LogP contribution is 2.39. The third-order valence-corrected chi connectivity index (χ3v) is 8.07. The molecule has 39 heavy (non-hydrogen) atoms. The molecule has 204 valence electrons. The Hall–Kier alpha value is -3.13. The van der Waals surface area contributed by atoms with Crippen LogP contribution >= 0.6 is 23.2 Å². The second-order valence-electron chi connectivity index (χ2n) is 10.1. The van der Waals surface area contributed by atoms with Crippen LogP contribution in [0, 0.1) is 5.82 Å². The van der Waals surface area contributed by atoms with Crippen LogP contribution in [0.1, 0.15) is 67.7 Å². The number of hydrogen-bond donors (Lipinski definition) is 2. The van der Waals surface area contributed by atoms with Gasteiger partial charge in [0.05, 0.1) is 30.0 Å². The number of carboxylic acid groups (broad SMARTS) is 1. The van der Waals surface area contributed by atoms with Crippen molar-refractivity contribution in [2.75, 3.05) is 0 Å². The van der Waals surface area contributed by atoms with E-state index in [1.165, 1.54) is 6.07 Å². The smallest absolute Gasteiger partial charge is 0.303 e. The van der Waals surface area contributed by atoms with E-state index in [0.29, 0.717) is 49.1 Å². The lowest BCUT2D eigenvalue weighted by Gasteiger charge is -2.13. The van der Waals surface area contributed by atoms with Crippen molar-refractivity contribution in [3.05, 3.63) is 81.1 Å². The molecule has 1 aliphatic rings. The van der Waals surface area contributed by atoms with Gasteiger partial charge in [-0.1, -0.05) is 55.1 Å². The standard InChI is InChI=1S/C30H29Cl2FN2O4/c1-17(10-28(37)38)19-6-8-22(9-7-19)39-16-18-11-26(33)29-27(12-18)35(21-4-2-3-5-21)34-30(29)20-13-24(31)23(15-36)25(32)14-20/h6-9,11-14,17,21,36H,2-5,10,15-16H2,1H3,(H,37,38). The molecule has 2 N–H and O–H groups in total. The first-order valence-corrected chi connectivity index (χ1v) is 13.7. The highest BCUT2D eigenvalue weighted by atomic mass is 35.5. The van der Waals surface area contributed by atoms with Crippen LogP contribution in [-0.4, -0.2) is 26.0 Å². The van der Waals surface area contributed by atoms with Gasteiger partial charge in [0, 0.05) is 21.2 Å². The van der Waals surface area contributed by atoms with Crippen molar-refractivity contribution in [1.29, 1.82) is 0 Å². The van der Waals surface area contributed by atoms with Gasteiger partial charge < -0.3 is 14.9 Å². The summed E-state index contributed by atoms with van der Waals surface area (Å²) < 4.78 is 23.6. The van der Waals surface area contributed by atoms with Gasteiger partial charge in [0.15, 0.2) is 0 Å². The summed E-state index contributed by atoms with van der Waals surface area (Å²) in [6, 6.07) is 14.2. The van der Waals surface area contributed by atoms with E-state index < -0.39 is 11.8 Å². The Kier molecular flexibility index (Phi) is 8.12. The zero-order valence-electron chi connectivity index (χ0n) is 21.5. The minimum atomic E-state index is -0.839. The molecule has 1 fully saturated rings. The Labute approximate surface area is 235 Å². The van der Waals surface area contributed by atoms with Crippen LogP contribution in [0.15, 0.2) is 48.5 Å². The lowest BCUT2D eigenvalue weighted by Crippen LogP contribution is -2.07. The predicted octanol–water partition coefficient (Wildman–Crippen LogP) is 7.91. The van der Waals surface area contributed by atoms with Gasteiger partial charge in [-0.3, -0.25) is 9.48 Å². The average Bonchev–Trinajstić information content (AvgIpc) is 3.56. The van der Waals surface area contributed by atoms with Gasteiger partial charge in [0.25, 0.3) is 0 Å². The van der Waals surface area contributed by atoms with Crippen LogP contribution in [0.4, 0.5) is 4.39 Å². The first-order chi connectivity index (χ1) is 18.7. The van der Waals surface area contributed by atoms with Crippen LogP contribution in [0.25, 0.3) is 22.2 Å². The largest absolute Gasteiger partial charge is 0.489 e. The molecule has 1 saturated carbocycles. The quantitative estimate of drug-likeness (QED) is 0.213. The normalized spacial score (nSPS) is 14.7. The Morgan fingerprint density at radius 1 is 1.13 bits per heavy atom. The molecule has 0 amide bonds. The summed E-state index contributed by atoms with van der Waals surface area (Å²) in [6.45, 7) is 1.73. The van der Waals surface area contributed by atoms with Crippen LogP contribution in [-0.2, 0) is 18.0 Å². The fourth-order valence-electron chi connectivity index (χ4n) is 5.32. The van der Waals surface area contributed by atoms with Crippen LogP contribution in [0.2, 0.25) is 10.0 Å². The Balaban J connectivity index is 1.47. The van der Waals surface area contributed by atoms with Crippen LogP contribution in [0.5, 0.6) is 5.75 Å². The zero-order chi connectivity index (χ0) is 27.7. The molecule has 5 rings (SSSR count). The molecule has 1 heterocycles. The van der Waals surface area contributed by atoms with Gasteiger partial charge in [-0.25, -0.2) is 4.39 Å². The van der Waals surface area contributed by atoms with E-state index in [4.69, 9.17) is 38.1 Å². The number of hydrogen-bond acceptors (Lipinski definition) is 4. The number of rotatable bonds is 9. The van der Waals surface area contributed by atoms with Crippen molar-refractivity contribution in [3.8, 4) is 17.0 Å². The van der Waals surface area contributed by atoms with Gasteiger partial charge >= 0.3 is 5.97 Å². The summed E-state index contributed by atoms with van der Waals surface area (Å²) in [4.78, 5) is 11.0. The molecule has 1 unspecified atom stereocenters. The van der Waals surface area contributed by atoms with E-state index in [1.807, 2.05) is 29.8 Å². The average molecular weight is 571 g/mol. The van der Waals surface area contributed by atoms with Crippen molar-refractivity contribution >= 4 is 40.1 Å². The number of nitrogens with zero attached hydrogens (tertiary/aromatic N) is 2. The maximum Gasteiger partial charge on any atom is 0.303 e. The number of ether oxygens (including phenoxy) is 1. The minimum Gasteiger partial charge on any atom is -0.489 e. The molecule has 9 heteroatoms. The minimum absolute atomic E-state index is 0.0557. The summed E-state index contributed by atoms with van der Waals surface area (Å²) in [6.07, 6.45) is 4.18. The van der Waals surface area contributed by atoms with Crippen molar-refractivity contribution in [3.63, 3.8) is 0 Å². The molecule has 0 bridgehead atoms. The fraction of sp³-hybridized carbons (Fsp3) is 0.333. The molecular weight excluding hydrogens is 542 g/mol. The summed E-state index contributed by atoms with van der Waals surface area (Å²) in [5, 5.41) is 24.5. The SMILES string of the molecule is CC(CC(=O)O)c1ccc(OCc2cc(F)c3c(-c4cc(Cl)c(CO)c(Cl)c4)nn(C4CCCC4)c3c2)cc1. The molecule has 0 saturated heterocycles. The van der Waals surface area contributed by atoms with Gasteiger partial charge in [0.2, 0.25) is 0 Å². The molecule has 4 aromatic rings. The number of aliphatic hydroxyl groups is 1. The molecule has 0 aliphatic heterocycles. The molecule has 6 nitrogen and oxygen atoms in total. The van der Waals surface area contributed by atoms with Crippen molar-refractivity contribution in [1.82, 2.24) is 9.78 Å². The topological polar surface area (TPSA) is 84.6 Å². The second kappa shape index (κ2) is 11.5. The lowest BCUT2D eigenvalue weighted by atomic mass is 9.98. The number of aliphatic carboxylic acids is 1. The van der Waals surface area contributed by atoms with Crippen LogP contribution in [0.3, 0.4) is 0 Å². The first kappa shape index (κ1) is 27.4. The number of carbonyl (C=O) groups is 1. The summed E-state index contributed by atoms with van der Waals surface area (Å²) in [5.74, 6) is -0.752. The molecule has 1 atom stereocenters. The monoisotopic (exact) mass is 570 g/mol. The van der Waals surface area contributed by atoms with Crippen molar-refractivity contribution in [2.24, 2.45) is 0 Å². The van der Waals surface area contributed by atoms with Crippen molar-refractivity contribution in [2.45, 2.75) is 64.2 Å². The van der Waals surface area contributed by atoms with Crippen LogP contribution < -0.4 is 4.74 Å². The molecule has 0 radical (unpaired) electrons. The maximum atomic E-state index is 15.7. The van der Waals surface area contributed by atoms with Gasteiger partial charge in [-0.2, -0.15) is 5.10 Å². The van der Waals surface area contributed by atoms with E-state index >= 15 is 4.39 Å². The molecule has 0 spiro atoms. The molecule has 3 aromatic carbocycles. The molecule has 1 aliphatic carbocycles. The first-order valence-electron chi connectivity index (χ1n) is 13.0. The van der Waals surface area contributed by atoms with E-state index in [9.17, 15) is 9.90 Å². The van der Waals surface area contributed by atoms with E-state index in [2.05, 4.69) is 0 Å². The molecule has 1 aromatic heterocycles. The third kappa shape index (κ3) is 5.76. The number of aromatic nitrogens is 2. The van der Waals surface area contributed by atoms with E-state index in [1.54, 1.807) is 24.3 Å². The predicted molar refractivity (Wildman–Crippen MR) is 150 cm³/mol. The van der Waals surface area contributed by atoms with Gasteiger partial charge in [-0.15, -0.1) is 0 Å². The van der Waals surface area contributed by atoms with Crippen molar-refractivity contribution < 1.29 is 24.1 Å². The van der Waals surface area contributed by atoms with E-state index in [0.717, 1.165) is 31.2 Å². The van der Waals surface area contributed by atoms with Gasteiger partial charge in [0.1, 0.15) is 23.9 Å². The maximum absolute atomic E-state index is 15.7. The molecular formula is C30H29Cl2FN2O4. The van der Waals surface area contributed by atoms with Gasteiger partial charge in [-0.05, 0) is 66.3 Å². The second-order valence-corrected chi connectivity index (χ2v) is 11.0. The number of halogens is 3. The Morgan fingerprint density at radius 2 is 1.79 bits per heavy atom. The number of carboxylic acids is 1. The summed E-state index contributed by atoms with van der Waals surface area (Å²) in [5.41, 5.74) is 3.74. The summed E-state index contributed by atoms with van der Waals surface area (Å²) in [7, 11) is 0. The highest BCUT2D eigenvalue weighted by molar-refractivity contribution is 6.36. The number of aliphatic hydroxyl groups excluding tert-OH is 1.